The van der Waals surface area contributed by atoms with Crippen LogP contribution in [0.3, 0.4) is 0 Å². The molecule has 0 unspecified atom stereocenters. The Bertz CT molecular complexity index is 838. The van der Waals surface area contributed by atoms with Crippen molar-refractivity contribution in [1.29, 1.82) is 0 Å². The van der Waals surface area contributed by atoms with Crippen LogP contribution >= 0.6 is 0 Å². The van der Waals surface area contributed by atoms with Crippen molar-refractivity contribution >= 4 is 23.2 Å². The number of anilines is 2. The van der Waals surface area contributed by atoms with Gasteiger partial charge >= 0.3 is 0 Å². The van der Waals surface area contributed by atoms with Gasteiger partial charge in [-0.05, 0) is 31.2 Å². The number of para-hydroxylation sites is 1. The Morgan fingerprint density at radius 1 is 1.08 bits per heavy atom. The van der Waals surface area contributed by atoms with Gasteiger partial charge in [-0.3, -0.25) is 14.3 Å². The van der Waals surface area contributed by atoms with Gasteiger partial charge < -0.3 is 15.1 Å². The lowest BCUT2D eigenvalue weighted by Crippen LogP contribution is -2.17. The fourth-order valence-electron chi connectivity index (χ4n) is 2.15. The Morgan fingerprint density at radius 2 is 1.88 bits per heavy atom. The van der Waals surface area contributed by atoms with Gasteiger partial charge in [0.15, 0.2) is 11.5 Å². The summed E-state index contributed by atoms with van der Waals surface area (Å²) in [5, 5.41) is 9.63. The van der Waals surface area contributed by atoms with Gasteiger partial charge in [-0.15, -0.1) is 0 Å². The molecule has 0 fully saturated rings. The standard InChI is InChI=1S/C17H16N4O3/c1-2-21-11-13(19-16(22)14-9-6-10-24-14)15(20-21)17(23)18-12-7-4-3-5-8-12/h3-11H,2H2,1H3,(H,18,23)(H,19,22). The summed E-state index contributed by atoms with van der Waals surface area (Å²) in [6, 6.07) is 12.2. The predicted molar refractivity (Wildman–Crippen MR) is 89.0 cm³/mol. The molecule has 0 saturated carbocycles. The highest BCUT2D eigenvalue weighted by Crippen LogP contribution is 2.17. The van der Waals surface area contributed by atoms with Crippen LogP contribution in [0.15, 0.2) is 59.3 Å². The lowest BCUT2D eigenvalue weighted by Gasteiger charge is -2.05. The zero-order valence-electron chi connectivity index (χ0n) is 13.0. The summed E-state index contributed by atoms with van der Waals surface area (Å²) in [4.78, 5) is 24.6. The van der Waals surface area contributed by atoms with E-state index in [-0.39, 0.29) is 11.5 Å². The van der Waals surface area contributed by atoms with Crippen LogP contribution in [0.1, 0.15) is 28.0 Å². The summed E-state index contributed by atoms with van der Waals surface area (Å²) in [6.45, 7) is 2.46. The largest absolute Gasteiger partial charge is 0.459 e. The maximum absolute atomic E-state index is 12.5. The highest BCUT2D eigenvalue weighted by Gasteiger charge is 2.20. The van der Waals surface area contributed by atoms with Gasteiger partial charge in [-0.1, -0.05) is 18.2 Å². The normalized spacial score (nSPS) is 10.4. The lowest BCUT2D eigenvalue weighted by atomic mass is 10.3. The second-order valence-electron chi connectivity index (χ2n) is 5.00. The van der Waals surface area contributed by atoms with Crippen molar-refractivity contribution in [3.05, 3.63) is 66.4 Å². The third-order valence-electron chi connectivity index (χ3n) is 3.33. The van der Waals surface area contributed by atoms with E-state index in [1.165, 1.54) is 6.26 Å². The Morgan fingerprint density at radius 3 is 2.54 bits per heavy atom. The summed E-state index contributed by atoms with van der Waals surface area (Å²) >= 11 is 0. The molecule has 0 aliphatic heterocycles. The first-order chi connectivity index (χ1) is 11.7. The Hall–Kier alpha value is -3.35. The van der Waals surface area contributed by atoms with E-state index in [4.69, 9.17) is 4.42 Å². The summed E-state index contributed by atoms with van der Waals surface area (Å²) in [6.07, 6.45) is 3.02. The molecule has 2 N–H and O–H groups in total. The number of furan rings is 1. The molecular formula is C17H16N4O3. The molecule has 0 bridgehead atoms. The predicted octanol–water partition coefficient (Wildman–Crippen LogP) is 3.00. The Balaban J connectivity index is 1.83. The van der Waals surface area contributed by atoms with Gasteiger partial charge in [0.1, 0.15) is 0 Å². The summed E-state index contributed by atoms with van der Waals surface area (Å²) in [7, 11) is 0. The SMILES string of the molecule is CCn1cc(NC(=O)c2ccco2)c(C(=O)Nc2ccccc2)n1. The van der Waals surface area contributed by atoms with Crippen molar-refractivity contribution in [2.75, 3.05) is 10.6 Å². The van der Waals surface area contributed by atoms with Crippen LogP contribution in [0, 0.1) is 0 Å². The summed E-state index contributed by atoms with van der Waals surface area (Å²) < 4.78 is 6.64. The number of carbonyl (C=O) groups excluding carboxylic acids is 2. The number of amides is 2. The highest BCUT2D eigenvalue weighted by molar-refractivity contribution is 6.10. The number of carbonyl (C=O) groups is 2. The average molecular weight is 324 g/mol. The molecule has 122 valence electrons. The third kappa shape index (κ3) is 3.35. The minimum Gasteiger partial charge on any atom is -0.459 e. The lowest BCUT2D eigenvalue weighted by molar-refractivity contribution is 0.0996. The fourth-order valence-corrected chi connectivity index (χ4v) is 2.15. The number of benzene rings is 1. The van der Waals surface area contributed by atoms with E-state index < -0.39 is 11.8 Å². The Labute approximate surface area is 138 Å². The van der Waals surface area contributed by atoms with Crippen molar-refractivity contribution < 1.29 is 14.0 Å². The molecule has 24 heavy (non-hydrogen) atoms. The van der Waals surface area contributed by atoms with Crippen molar-refractivity contribution in [2.24, 2.45) is 0 Å². The number of hydrogen-bond acceptors (Lipinski definition) is 4. The molecule has 1 aromatic carbocycles. The van der Waals surface area contributed by atoms with Gasteiger partial charge in [-0.2, -0.15) is 5.10 Å². The number of nitrogens with zero attached hydrogens (tertiary/aromatic N) is 2. The number of rotatable bonds is 5. The minimum absolute atomic E-state index is 0.139. The molecule has 0 aliphatic carbocycles. The molecule has 2 heterocycles. The molecule has 0 saturated heterocycles. The second kappa shape index (κ2) is 6.82. The monoisotopic (exact) mass is 324 g/mol. The molecular weight excluding hydrogens is 308 g/mol. The van der Waals surface area contributed by atoms with Gasteiger partial charge in [-0.25, -0.2) is 0 Å². The maximum Gasteiger partial charge on any atom is 0.291 e. The first-order valence-electron chi connectivity index (χ1n) is 7.46. The van der Waals surface area contributed by atoms with E-state index in [0.29, 0.717) is 17.9 Å². The van der Waals surface area contributed by atoms with Crippen LogP contribution < -0.4 is 10.6 Å². The minimum atomic E-state index is -0.440. The molecule has 2 amide bonds. The first kappa shape index (κ1) is 15.5. The van der Waals surface area contributed by atoms with E-state index in [0.717, 1.165) is 0 Å². The number of nitrogens with one attached hydrogen (secondary N) is 2. The van der Waals surface area contributed by atoms with Crippen molar-refractivity contribution in [3.8, 4) is 0 Å². The van der Waals surface area contributed by atoms with E-state index in [2.05, 4.69) is 15.7 Å². The van der Waals surface area contributed by atoms with Crippen LogP contribution in [0.4, 0.5) is 11.4 Å². The van der Waals surface area contributed by atoms with Crippen molar-refractivity contribution in [2.45, 2.75) is 13.5 Å². The van der Waals surface area contributed by atoms with E-state index >= 15 is 0 Å². The van der Waals surface area contributed by atoms with Gasteiger partial charge in [0.2, 0.25) is 0 Å². The van der Waals surface area contributed by atoms with Gasteiger partial charge in [0.05, 0.1) is 12.0 Å². The summed E-state index contributed by atoms with van der Waals surface area (Å²) in [5.74, 6) is -0.679. The van der Waals surface area contributed by atoms with Gasteiger partial charge in [0, 0.05) is 18.4 Å². The molecule has 0 radical (unpaired) electrons. The van der Waals surface area contributed by atoms with Crippen molar-refractivity contribution in [3.63, 3.8) is 0 Å². The topological polar surface area (TPSA) is 89.2 Å². The van der Waals surface area contributed by atoms with Crippen LogP contribution in [-0.4, -0.2) is 21.6 Å². The second-order valence-corrected chi connectivity index (χ2v) is 5.00. The fraction of sp³-hybridized carbons (Fsp3) is 0.118. The van der Waals surface area contributed by atoms with Crippen LogP contribution in [0.2, 0.25) is 0 Å². The third-order valence-corrected chi connectivity index (χ3v) is 3.33. The molecule has 0 spiro atoms. The summed E-state index contributed by atoms with van der Waals surface area (Å²) in [5.41, 5.74) is 1.11. The van der Waals surface area contributed by atoms with Crippen molar-refractivity contribution in [1.82, 2.24) is 9.78 Å². The number of aryl methyl sites for hydroxylation is 1. The maximum atomic E-state index is 12.5. The zero-order valence-corrected chi connectivity index (χ0v) is 13.0. The Kier molecular flexibility index (Phi) is 4.42. The van der Waals surface area contributed by atoms with E-state index in [1.54, 1.807) is 35.1 Å². The first-order valence-corrected chi connectivity index (χ1v) is 7.46. The molecule has 3 rings (SSSR count). The average Bonchev–Trinajstić information content (AvgIpc) is 3.25. The van der Waals surface area contributed by atoms with Crippen LogP contribution in [0.5, 0.6) is 0 Å². The molecule has 7 nitrogen and oxygen atoms in total. The highest BCUT2D eigenvalue weighted by atomic mass is 16.3. The van der Waals surface area contributed by atoms with Gasteiger partial charge in [0.25, 0.3) is 11.8 Å². The van der Waals surface area contributed by atoms with Crippen LogP contribution in [0.25, 0.3) is 0 Å². The number of aromatic nitrogens is 2. The molecule has 0 atom stereocenters. The molecule has 3 aromatic rings. The smallest absolute Gasteiger partial charge is 0.291 e. The quantitative estimate of drug-likeness (QED) is 0.755. The molecule has 7 heteroatoms. The number of hydrogen-bond donors (Lipinski definition) is 2. The molecule has 2 aromatic heterocycles. The zero-order chi connectivity index (χ0) is 16.9. The van der Waals surface area contributed by atoms with E-state index in [1.807, 2.05) is 25.1 Å². The van der Waals surface area contributed by atoms with E-state index in [9.17, 15) is 9.59 Å². The van der Waals surface area contributed by atoms with Crippen LogP contribution in [-0.2, 0) is 6.54 Å². The molecule has 0 aliphatic rings.